The van der Waals surface area contributed by atoms with Crippen molar-refractivity contribution in [2.75, 3.05) is 78.8 Å². The number of carbonyl (C=O) groups excluding carboxylic acids is 4. The molecule has 4 aromatic carbocycles. The van der Waals surface area contributed by atoms with Crippen molar-refractivity contribution in [2.24, 2.45) is 0 Å². The number of aromatic nitrogens is 2. The van der Waals surface area contributed by atoms with Gasteiger partial charge in [0.1, 0.15) is 22.1 Å². The smallest absolute Gasteiger partial charge is 0.250 e. The van der Waals surface area contributed by atoms with Crippen LogP contribution in [0.4, 0.5) is 0 Å². The van der Waals surface area contributed by atoms with Crippen molar-refractivity contribution in [2.45, 2.75) is 62.7 Å². The molecule has 4 amide bonds. The fraction of sp³-hybridized carbons (Fsp3) is 0.393. The maximum atomic E-state index is 14.4. The second-order valence-corrected chi connectivity index (χ2v) is 21.0. The van der Waals surface area contributed by atoms with E-state index in [4.69, 9.17) is 19.4 Å². The molecule has 0 bridgehead atoms. The van der Waals surface area contributed by atoms with Crippen LogP contribution in [0.25, 0.3) is 32.0 Å². The van der Waals surface area contributed by atoms with E-state index in [1.165, 1.54) is 0 Å². The maximum absolute atomic E-state index is 14.4. The molecule has 6 heterocycles. The molecule has 0 saturated carbocycles. The minimum absolute atomic E-state index is 0.106. The summed E-state index contributed by atoms with van der Waals surface area (Å²) in [5.41, 5.74) is 5.84. The van der Waals surface area contributed by atoms with Crippen molar-refractivity contribution >= 4 is 46.3 Å². The minimum Gasteiger partial charge on any atom is -0.379 e. The van der Waals surface area contributed by atoms with Crippen molar-refractivity contribution < 1.29 is 28.7 Å². The van der Waals surface area contributed by atoms with Gasteiger partial charge in [-0.15, -0.1) is 22.7 Å². The summed E-state index contributed by atoms with van der Waals surface area (Å²) in [7, 11) is 0. The molecule has 4 saturated heterocycles. The number of nitrogens with zero attached hydrogens (tertiary/aromatic N) is 6. The zero-order valence-electron chi connectivity index (χ0n) is 40.5. The van der Waals surface area contributed by atoms with E-state index in [0.717, 1.165) is 105 Å². The Hall–Kier alpha value is -6.14. The van der Waals surface area contributed by atoms with Crippen LogP contribution >= 0.6 is 22.7 Å². The number of amides is 4. The lowest BCUT2D eigenvalue weighted by Crippen LogP contribution is -2.44. The van der Waals surface area contributed by atoms with Gasteiger partial charge in [-0.25, -0.2) is 9.97 Å². The molecule has 72 heavy (non-hydrogen) atoms. The zero-order valence-corrected chi connectivity index (χ0v) is 42.2. The van der Waals surface area contributed by atoms with Gasteiger partial charge < -0.3 is 29.9 Å². The normalized spacial score (nSPS) is 19.5. The van der Waals surface area contributed by atoms with Crippen LogP contribution in [-0.4, -0.2) is 132 Å². The van der Waals surface area contributed by atoms with E-state index in [-0.39, 0.29) is 35.7 Å². The molecule has 0 aliphatic carbocycles. The molecule has 4 aliphatic rings. The summed E-state index contributed by atoms with van der Waals surface area (Å²) in [4.78, 5) is 75.4. The third-order valence-electron chi connectivity index (χ3n) is 14.2. The molecule has 374 valence electrons. The Labute approximate surface area is 429 Å². The number of benzene rings is 4. The van der Waals surface area contributed by atoms with Gasteiger partial charge in [0.15, 0.2) is 0 Å². The van der Waals surface area contributed by atoms with Gasteiger partial charge in [-0.3, -0.25) is 29.0 Å². The first-order chi connectivity index (χ1) is 35.3. The van der Waals surface area contributed by atoms with E-state index in [9.17, 15) is 19.2 Å². The first kappa shape index (κ1) is 49.4. The third kappa shape index (κ3) is 11.9. The van der Waals surface area contributed by atoms with Crippen LogP contribution in [0.3, 0.4) is 0 Å². The van der Waals surface area contributed by atoms with Crippen molar-refractivity contribution in [3.63, 3.8) is 0 Å². The van der Waals surface area contributed by atoms with E-state index in [1.807, 2.05) is 82.9 Å². The van der Waals surface area contributed by atoms with E-state index in [2.05, 4.69) is 69.0 Å². The average molecular weight is 1010 g/mol. The number of carbonyl (C=O) groups is 4. The van der Waals surface area contributed by atoms with Crippen molar-refractivity contribution in [3.8, 4) is 32.0 Å². The van der Waals surface area contributed by atoms with Gasteiger partial charge in [0.2, 0.25) is 23.6 Å². The second-order valence-electron chi connectivity index (χ2n) is 18.9. The van der Waals surface area contributed by atoms with Crippen LogP contribution in [-0.2, 0) is 28.7 Å². The van der Waals surface area contributed by atoms with E-state index in [0.29, 0.717) is 65.4 Å². The molecule has 2 N–H and O–H groups in total. The van der Waals surface area contributed by atoms with Crippen LogP contribution < -0.4 is 10.6 Å². The lowest BCUT2D eigenvalue weighted by Gasteiger charge is -2.29. The molecule has 0 radical (unpaired) electrons. The monoisotopic (exact) mass is 1010 g/mol. The Balaban J connectivity index is 0.767. The summed E-state index contributed by atoms with van der Waals surface area (Å²) < 4.78 is 10.9. The number of hydrogen-bond donors (Lipinski definition) is 2. The fourth-order valence-corrected chi connectivity index (χ4v) is 12.4. The molecule has 10 rings (SSSR count). The number of hydrogen-bond acceptors (Lipinski definition) is 12. The lowest BCUT2D eigenvalue weighted by atomic mass is 10.0. The van der Waals surface area contributed by atoms with Gasteiger partial charge in [0.05, 0.1) is 48.3 Å². The van der Waals surface area contributed by atoms with E-state index >= 15 is 0 Å². The van der Waals surface area contributed by atoms with E-state index < -0.39 is 12.1 Å². The molecule has 0 spiro atoms. The van der Waals surface area contributed by atoms with Gasteiger partial charge in [-0.05, 0) is 59.1 Å². The summed E-state index contributed by atoms with van der Waals surface area (Å²) in [6.07, 6.45) is 7.81. The fourth-order valence-electron chi connectivity index (χ4n) is 10.2. The summed E-state index contributed by atoms with van der Waals surface area (Å²) in [6.45, 7) is 8.40. The quantitative estimate of drug-likeness (QED) is 0.0919. The highest BCUT2D eigenvalue weighted by atomic mass is 32.1. The highest BCUT2D eigenvalue weighted by molar-refractivity contribution is 7.15. The van der Waals surface area contributed by atoms with E-state index in [1.54, 1.807) is 22.7 Å². The molecular formula is C56H62N8O6S2. The van der Waals surface area contributed by atoms with Crippen LogP contribution in [0.1, 0.15) is 83.8 Å². The first-order valence-electron chi connectivity index (χ1n) is 25.4. The van der Waals surface area contributed by atoms with Gasteiger partial charge in [0.25, 0.3) is 0 Å². The number of nitrogens with one attached hydrogen (secondary N) is 2. The standard InChI is InChI=1S/C56H62N8O6S2/c65-49(23-27-61-29-33-69-34-30-61)59-51(43-9-3-1-4-10-43)55(67)63-25-7-13-45(63)53-57-37-47(71-53)41-19-15-39(16-20-41)40-17-21-42(22-18-40)48-38-58-54(72-48)46-14-8-26-64(46)56(68)52(44-11-5-2-6-12-44)60-50(66)24-28-62-31-35-70-36-32-62/h1-6,9-12,15-22,37-38,45-46,51-52H,7-8,13-14,23-36H2,(H,59,65)(H,60,66)/t45-,46?,51+,52+/m0/s1. The van der Waals surface area contributed by atoms with Gasteiger partial charge in [-0.1, -0.05) is 109 Å². The maximum Gasteiger partial charge on any atom is 0.250 e. The second kappa shape index (κ2) is 23.6. The molecule has 6 aromatic rings. The van der Waals surface area contributed by atoms with Crippen molar-refractivity contribution in [1.82, 2.24) is 40.2 Å². The van der Waals surface area contributed by atoms with Gasteiger partial charge >= 0.3 is 0 Å². The molecular weight excluding hydrogens is 945 g/mol. The van der Waals surface area contributed by atoms with Crippen LogP contribution in [0.15, 0.2) is 122 Å². The number of likely N-dealkylation sites (tertiary alicyclic amines) is 2. The summed E-state index contributed by atoms with van der Waals surface area (Å²) >= 11 is 3.23. The molecule has 4 fully saturated rings. The Morgan fingerprint density at radius 1 is 0.514 bits per heavy atom. The van der Waals surface area contributed by atoms with Crippen LogP contribution in [0.5, 0.6) is 0 Å². The number of rotatable bonds is 17. The molecule has 2 aromatic heterocycles. The predicted molar refractivity (Wildman–Crippen MR) is 280 cm³/mol. The molecule has 1 unspecified atom stereocenters. The average Bonchev–Trinajstić information content (AvgIpc) is 4.30. The highest BCUT2D eigenvalue weighted by Crippen LogP contribution is 2.41. The Kier molecular flexibility index (Phi) is 16.2. The predicted octanol–water partition coefficient (Wildman–Crippen LogP) is 8.09. The molecule has 4 aliphatic heterocycles. The number of morpholine rings is 2. The first-order valence-corrected chi connectivity index (χ1v) is 27.0. The third-order valence-corrected chi connectivity index (χ3v) is 16.5. The highest BCUT2D eigenvalue weighted by Gasteiger charge is 2.39. The van der Waals surface area contributed by atoms with Crippen molar-refractivity contribution in [3.05, 3.63) is 143 Å². The van der Waals surface area contributed by atoms with Crippen LogP contribution in [0.2, 0.25) is 0 Å². The number of ether oxygens (including phenoxy) is 2. The minimum atomic E-state index is -0.776. The Morgan fingerprint density at radius 2 is 0.889 bits per heavy atom. The van der Waals surface area contributed by atoms with Gasteiger partial charge in [0, 0.05) is 77.6 Å². The topological polar surface area (TPSA) is 150 Å². The Morgan fingerprint density at radius 3 is 1.28 bits per heavy atom. The SMILES string of the molecule is O=C(CCN1CCOCC1)N[C@@H](C(=O)N1CCCC1c1ncc(-c2ccc(-c3ccc(-c4cnc([C@@H]5CCCN5C(=O)[C@H](NC(=O)CCN5CCOCC5)c5ccccc5)s4)cc3)cc2)s1)c1ccccc1. The number of thiazole rings is 2. The van der Waals surface area contributed by atoms with Crippen molar-refractivity contribution in [1.29, 1.82) is 0 Å². The lowest BCUT2D eigenvalue weighted by molar-refractivity contribution is -0.137. The van der Waals surface area contributed by atoms with Crippen LogP contribution in [0, 0.1) is 0 Å². The molecule has 4 atom stereocenters. The Bertz CT molecular complexity index is 2570. The largest absolute Gasteiger partial charge is 0.379 e. The summed E-state index contributed by atoms with van der Waals surface area (Å²) in [5, 5.41) is 7.97. The molecule has 16 heteroatoms. The molecule has 14 nitrogen and oxygen atoms in total. The van der Waals surface area contributed by atoms with Gasteiger partial charge in [-0.2, -0.15) is 0 Å². The summed E-state index contributed by atoms with van der Waals surface area (Å²) in [6, 6.07) is 34.2. The summed E-state index contributed by atoms with van der Waals surface area (Å²) in [5.74, 6) is -0.491. The zero-order chi connectivity index (χ0) is 49.2.